The molecule has 3 aromatic rings. The summed E-state index contributed by atoms with van der Waals surface area (Å²) in [7, 11) is 0. The van der Waals surface area contributed by atoms with Crippen molar-refractivity contribution >= 4 is 10.9 Å². The predicted octanol–water partition coefficient (Wildman–Crippen LogP) is 2.84. The number of hydrogen-bond acceptors (Lipinski definition) is 5. The summed E-state index contributed by atoms with van der Waals surface area (Å²) in [6.07, 6.45) is 0.377. The van der Waals surface area contributed by atoms with Crippen molar-refractivity contribution in [2.45, 2.75) is 20.3 Å². The predicted molar refractivity (Wildman–Crippen MR) is 90.8 cm³/mol. The molecule has 0 aliphatic carbocycles. The highest BCUT2D eigenvalue weighted by Crippen LogP contribution is 2.39. The first-order chi connectivity index (χ1) is 11.8. The van der Waals surface area contributed by atoms with Gasteiger partial charge in [-0.1, -0.05) is 26.0 Å². The molecule has 25 heavy (non-hydrogen) atoms. The Morgan fingerprint density at radius 3 is 2.48 bits per heavy atom. The van der Waals surface area contributed by atoms with Crippen LogP contribution in [0.3, 0.4) is 0 Å². The average molecular weight is 344 g/mol. The number of phenols is 3. The third-order valence-corrected chi connectivity index (χ3v) is 3.84. The molecule has 0 spiro atoms. The average Bonchev–Trinajstić information content (AvgIpc) is 2.53. The maximum absolute atomic E-state index is 14.3. The molecule has 0 fully saturated rings. The fraction of sp³-hybridized carbons (Fsp3) is 0.222. The van der Waals surface area contributed by atoms with E-state index in [4.69, 9.17) is 0 Å². The summed E-state index contributed by atoms with van der Waals surface area (Å²) in [6.45, 7) is 3.85. The van der Waals surface area contributed by atoms with E-state index in [0.29, 0.717) is 12.2 Å². The van der Waals surface area contributed by atoms with E-state index in [2.05, 4.69) is 4.98 Å². The SMILES string of the molecule is CC(C)Cc1nc2cc(O)c(O)c(O)c2c(=O)n1-c1ccccc1F. The van der Waals surface area contributed by atoms with Crippen LogP contribution in [0.1, 0.15) is 19.7 Å². The third-order valence-electron chi connectivity index (χ3n) is 3.84. The van der Waals surface area contributed by atoms with Gasteiger partial charge >= 0.3 is 0 Å². The first kappa shape index (κ1) is 16.8. The third kappa shape index (κ3) is 2.77. The number of halogens is 1. The smallest absolute Gasteiger partial charge is 0.270 e. The van der Waals surface area contributed by atoms with Gasteiger partial charge in [0.2, 0.25) is 5.75 Å². The van der Waals surface area contributed by atoms with E-state index >= 15 is 0 Å². The quantitative estimate of drug-likeness (QED) is 0.635. The number of fused-ring (bicyclic) bond motifs is 1. The van der Waals surface area contributed by atoms with Crippen molar-refractivity contribution in [1.29, 1.82) is 0 Å². The fourth-order valence-corrected chi connectivity index (χ4v) is 2.73. The lowest BCUT2D eigenvalue weighted by atomic mass is 10.1. The molecule has 0 atom stereocenters. The van der Waals surface area contributed by atoms with Crippen LogP contribution in [0.5, 0.6) is 17.2 Å². The molecule has 3 N–H and O–H groups in total. The highest BCUT2D eigenvalue weighted by Gasteiger charge is 2.21. The lowest BCUT2D eigenvalue weighted by molar-refractivity contribution is 0.371. The van der Waals surface area contributed by atoms with Crippen LogP contribution in [0.2, 0.25) is 0 Å². The molecule has 3 rings (SSSR count). The minimum absolute atomic E-state index is 0.00418. The number of phenolic OH excluding ortho intramolecular Hbond substituents is 3. The van der Waals surface area contributed by atoms with Gasteiger partial charge in [0.25, 0.3) is 5.56 Å². The Bertz CT molecular complexity index is 1030. The Kier molecular flexibility index (Phi) is 4.08. The molecule has 0 saturated carbocycles. The molecule has 0 aliphatic rings. The van der Waals surface area contributed by atoms with Gasteiger partial charge in [-0.3, -0.25) is 9.36 Å². The summed E-state index contributed by atoms with van der Waals surface area (Å²) in [6, 6.07) is 6.84. The van der Waals surface area contributed by atoms with Gasteiger partial charge in [0, 0.05) is 12.5 Å². The Labute approximate surface area is 142 Å². The van der Waals surface area contributed by atoms with Crippen LogP contribution in [0, 0.1) is 11.7 Å². The molecule has 130 valence electrons. The van der Waals surface area contributed by atoms with Crippen molar-refractivity contribution in [3.8, 4) is 22.9 Å². The molecule has 0 saturated heterocycles. The second-order valence-electron chi connectivity index (χ2n) is 6.21. The Morgan fingerprint density at radius 2 is 1.84 bits per heavy atom. The Morgan fingerprint density at radius 1 is 1.16 bits per heavy atom. The molecule has 1 heterocycles. The maximum Gasteiger partial charge on any atom is 0.270 e. The van der Waals surface area contributed by atoms with Crippen LogP contribution in [-0.2, 0) is 6.42 Å². The Balaban J connectivity index is 2.47. The van der Waals surface area contributed by atoms with Crippen LogP contribution >= 0.6 is 0 Å². The van der Waals surface area contributed by atoms with Gasteiger partial charge in [0.15, 0.2) is 11.5 Å². The van der Waals surface area contributed by atoms with Crippen molar-refractivity contribution in [3.63, 3.8) is 0 Å². The van der Waals surface area contributed by atoms with E-state index in [9.17, 15) is 24.5 Å². The second kappa shape index (κ2) is 6.08. The summed E-state index contributed by atoms with van der Waals surface area (Å²) >= 11 is 0. The number of hydrogen-bond donors (Lipinski definition) is 3. The number of aromatic hydroxyl groups is 3. The number of para-hydroxylation sites is 1. The zero-order chi connectivity index (χ0) is 18.3. The maximum atomic E-state index is 14.3. The molecule has 0 unspecified atom stereocenters. The van der Waals surface area contributed by atoms with Crippen LogP contribution in [0.25, 0.3) is 16.6 Å². The van der Waals surface area contributed by atoms with Gasteiger partial charge in [-0.25, -0.2) is 9.37 Å². The minimum Gasteiger partial charge on any atom is -0.504 e. The standard InChI is InChI=1S/C18H17FN2O4/c1-9(2)7-14-20-11-8-13(22)16(23)17(24)15(11)18(25)21(14)12-6-4-3-5-10(12)19/h3-6,8-9,22-24H,7H2,1-2H3. The molecular formula is C18H17FN2O4. The largest absolute Gasteiger partial charge is 0.504 e. The zero-order valence-corrected chi connectivity index (χ0v) is 13.7. The second-order valence-corrected chi connectivity index (χ2v) is 6.21. The van der Waals surface area contributed by atoms with E-state index in [1.54, 1.807) is 6.07 Å². The van der Waals surface area contributed by atoms with E-state index in [0.717, 1.165) is 10.6 Å². The van der Waals surface area contributed by atoms with Crippen LogP contribution in [0.4, 0.5) is 4.39 Å². The van der Waals surface area contributed by atoms with E-state index in [-0.39, 0.29) is 22.5 Å². The lowest BCUT2D eigenvalue weighted by Crippen LogP contribution is -2.25. The van der Waals surface area contributed by atoms with Crippen LogP contribution in [0.15, 0.2) is 35.1 Å². The van der Waals surface area contributed by atoms with Gasteiger partial charge in [0.1, 0.15) is 17.0 Å². The first-order valence-electron chi connectivity index (χ1n) is 7.75. The Hall–Kier alpha value is -3.09. The highest BCUT2D eigenvalue weighted by atomic mass is 19.1. The molecule has 0 bridgehead atoms. The summed E-state index contributed by atoms with van der Waals surface area (Å²) in [4.78, 5) is 17.3. The number of benzene rings is 2. The fourth-order valence-electron chi connectivity index (χ4n) is 2.73. The van der Waals surface area contributed by atoms with E-state index in [1.165, 1.54) is 18.2 Å². The van der Waals surface area contributed by atoms with Gasteiger partial charge in [0.05, 0.1) is 11.2 Å². The molecule has 7 heteroatoms. The molecule has 6 nitrogen and oxygen atoms in total. The van der Waals surface area contributed by atoms with Crippen molar-refractivity contribution in [2.75, 3.05) is 0 Å². The summed E-state index contributed by atoms with van der Waals surface area (Å²) < 4.78 is 15.4. The van der Waals surface area contributed by atoms with Gasteiger partial charge in [-0.2, -0.15) is 0 Å². The normalized spacial score (nSPS) is 11.4. The molecule has 0 radical (unpaired) electrons. The first-order valence-corrected chi connectivity index (χ1v) is 7.75. The number of rotatable bonds is 3. The van der Waals surface area contributed by atoms with Crippen LogP contribution in [-0.4, -0.2) is 24.9 Å². The number of nitrogens with zero attached hydrogens (tertiary/aromatic N) is 2. The molecule has 1 aromatic heterocycles. The summed E-state index contributed by atoms with van der Waals surface area (Å²) in [5.74, 6) is -2.38. The van der Waals surface area contributed by atoms with E-state index < -0.39 is 28.6 Å². The lowest BCUT2D eigenvalue weighted by Gasteiger charge is -2.16. The van der Waals surface area contributed by atoms with Gasteiger partial charge in [-0.05, 0) is 18.1 Å². The monoisotopic (exact) mass is 344 g/mol. The van der Waals surface area contributed by atoms with Crippen molar-refractivity contribution in [2.24, 2.45) is 5.92 Å². The molecular weight excluding hydrogens is 327 g/mol. The molecule has 0 aliphatic heterocycles. The number of aromatic nitrogens is 2. The van der Waals surface area contributed by atoms with E-state index in [1.807, 2.05) is 13.8 Å². The molecule has 0 amide bonds. The topological polar surface area (TPSA) is 95.6 Å². The highest BCUT2D eigenvalue weighted by molar-refractivity contribution is 5.89. The summed E-state index contributed by atoms with van der Waals surface area (Å²) in [5.41, 5.74) is -0.691. The van der Waals surface area contributed by atoms with Gasteiger partial charge in [-0.15, -0.1) is 0 Å². The van der Waals surface area contributed by atoms with Crippen molar-refractivity contribution in [1.82, 2.24) is 9.55 Å². The molecule has 2 aromatic carbocycles. The van der Waals surface area contributed by atoms with Crippen molar-refractivity contribution in [3.05, 3.63) is 52.3 Å². The van der Waals surface area contributed by atoms with Crippen LogP contribution < -0.4 is 5.56 Å². The van der Waals surface area contributed by atoms with Crippen molar-refractivity contribution < 1.29 is 19.7 Å². The van der Waals surface area contributed by atoms with Gasteiger partial charge < -0.3 is 15.3 Å². The minimum atomic E-state index is -0.817. The summed E-state index contributed by atoms with van der Waals surface area (Å²) in [5, 5.41) is 29.2. The zero-order valence-electron chi connectivity index (χ0n) is 13.7.